The summed E-state index contributed by atoms with van der Waals surface area (Å²) in [5.41, 5.74) is 4.29. The number of benzene rings is 2. The summed E-state index contributed by atoms with van der Waals surface area (Å²) in [4.78, 5) is 0. The molecule has 0 radical (unpaired) electrons. The Hall–Kier alpha value is -1.80. The SMILES string of the molecule is C[C@@]12CCC3=C(COc4c3ccc3ccccc43)[C@H]1CC[C@H]2O. The average molecular weight is 306 g/mol. The minimum Gasteiger partial charge on any atom is -0.488 e. The van der Waals surface area contributed by atoms with Gasteiger partial charge in [0.25, 0.3) is 0 Å². The summed E-state index contributed by atoms with van der Waals surface area (Å²) in [7, 11) is 0. The van der Waals surface area contributed by atoms with Gasteiger partial charge in [-0.05, 0) is 48.1 Å². The van der Waals surface area contributed by atoms with Gasteiger partial charge in [-0.25, -0.2) is 0 Å². The number of fused-ring (bicyclic) bond motifs is 6. The summed E-state index contributed by atoms with van der Waals surface area (Å²) >= 11 is 0. The van der Waals surface area contributed by atoms with Gasteiger partial charge in [-0.15, -0.1) is 0 Å². The lowest BCUT2D eigenvalue weighted by molar-refractivity contribution is 0.0360. The second-order valence-electron chi connectivity index (χ2n) is 7.61. The largest absolute Gasteiger partial charge is 0.488 e. The molecule has 0 unspecified atom stereocenters. The van der Waals surface area contributed by atoms with Crippen molar-refractivity contribution in [2.75, 3.05) is 6.61 Å². The second kappa shape index (κ2) is 4.61. The molecule has 2 nitrogen and oxygen atoms in total. The van der Waals surface area contributed by atoms with Crippen molar-refractivity contribution in [2.45, 2.75) is 38.7 Å². The highest BCUT2D eigenvalue weighted by molar-refractivity contribution is 5.94. The average Bonchev–Trinajstić information content (AvgIpc) is 2.89. The molecule has 2 aliphatic carbocycles. The predicted octanol–water partition coefficient (Wildman–Crippen LogP) is 4.56. The topological polar surface area (TPSA) is 29.5 Å². The molecule has 1 N–H and O–H groups in total. The van der Waals surface area contributed by atoms with Crippen molar-refractivity contribution in [2.24, 2.45) is 11.3 Å². The molecule has 3 aliphatic rings. The maximum absolute atomic E-state index is 10.4. The quantitative estimate of drug-likeness (QED) is 0.773. The van der Waals surface area contributed by atoms with Crippen LogP contribution >= 0.6 is 0 Å². The predicted molar refractivity (Wildman–Crippen MR) is 92.4 cm³/mol. The zero-order valence-corrected chi connectivity index (χ0v) is 13.5. The fourth-order valence-corrected chi connectivity index (χ4v) is 5.18. The van der Waals surface area contributed by atoms with Crippen molar-refractivity contribution >= 4 is 16.3 Å². The maximum atomic E-state index is 10.4. The Balaban J connectivity index is 1.70. The van der Waals surface area contributed by atoms with Crippen LogP contribution in [0.1, 0.15) is 38.2 Å². The van der Waals surface area contributed by atoms with E-state index in [1.54, 1.807) is 0 Å². The van der Waals surface area contributed by atoms with Crippen LogP contribution < -0.4 is 4.74 Å². The Morgan fingerprint density at radius 2 is 2.00 bits per heavy atom. The Morgan fingerprint density at radius 3 is 2.91 bits per heavy atom. The van der Waals surface area contributed by atoms with Gasteiger partial charge in [0.15, 0.2) is 0 Å². The van der Waals surface area contributed by atoms with Gasteiger partial charge in [-0.3, -0.25) is 0 Å². The molecule has 0 bridgehead atoms. The number of aliphatic hydroxyl groups is 1. The zero-order valence-electron chi connectivity index (χ0n) is 13.5. The zero-order chi connectivity index (χ0) is 15.6. The van der Waals surface area contributed by atoms with E-state index in [0.29, 0.717) is 12.5 Å². The number of hydrogen-bond acceptors (Lipinski definition) is 2. The molecule has 23 heavy (non-hydrogen) atoms. The number of ether oxygens (including phenoxy) is 1. The number of allylic oxidation sites excluding steroid dienone is 1. The first-order valence-corrected chi connectivity index (χ1v) is 8.73. The van der Waals surface area contributed by atoms with E-state index in [-0.39, 0.29) is 11.5 Å². The lowest BCUT2D eigenvalue weighted by atomic mass is 9.64. The Bertz CT molecular complexity index is 835. The van der Waals surface area contributed by atoms with E-state index < -0.39 is 0 Å². The minimum atomic E-state index is -0.153. The van der Waals surface area contributed by atoms with Crippen LogP contribution in [0, 0.1) is 11.3 Å². The highest BCUT2D eigenvalue weighted by Gasteiger charge is 2.50. The van der Waals surface area contributed by atoms with E-state index in [4.69, 9.17) is 4.74 Å². The molecule has 0 aromatic heterocycles. The third kappa shape index (κ3) is 1.73. The van der Waals surface area contributed by atoms with Crippen LogP contribution in [0.2, 0.25) is 0 Å². The molecular weight excluding hydrogens is 284 g/mol. The Kier molecular flexibility index (Phi) is 2.73. The van der Waals surface area contributed by atoms with Gasteiger partial charge >= 0.3 is 0 Å². The Labute approximate surface area is 136 Å². The summed E-state index contributed by atoms with van der Waals surface area (Å²) in [5.74, 6) is 1.55. The minimum absolute atomic E-state index is 0.0521. The maximum Gasteiger partial charge on any atom is 0.135 e. The van der Waals surface area contributed by atoms with E-state index in [2.05, 4.69) is 43.3 Å². The first-order chi connectivity index (χ1) is 11.2. The van der Waals surface area contributed by atoms with Crippen molar-refractivity contribution in [3.8, 4) is 5.75 Å². The van der Waals surface area contributed by atoms with Gasteiger partial charge < -0.3 is 9.84 Å². The summed E-state index contributed by atoms with van der Waals surface area (Å²) < 4.78 is 6.26. The number of aliphatic hydroxyl groups excluding tert-OH is 1. The van der Waals surface area contributed by atoms with Gasteiger partial charge in [0.1, 0.15) is 12.4 Å². The second-order valence-corrected chi connectivity index (χ2v) is 7.61. The fraction of sp³-hybridized carbons (Fsp3) is 0.429. The lowest BCUT2D eigenvalue weighted by Crippen LogP contribution is -2.38. The van der Waals surface area contributed by atoms with Crippen molar-refractivity contribution in [1.82, 2.24) is 0 Å². The molecule has 5 rings (SSSR count). The third-order valence-electron chi connectivity index (χ3n) is 6.58. The summed E-state index contributed by atoms with van der Waals surface area (Å²) in [6.45, 7) is 2.97. The number of rotatable bonds is 0. The summed E-state index contributed by atoms with van der Waals surface area (Å²) in [6, 6.07) is 12.9. The van der Waals surface area contributed by atoms with Crippen LogP contribution in [0.3, 0.4) is 0 Å². The van der Waals surface area contributed by atoms with Gasteiger partial charge in [-0.2, -0.15) is 0 Å². The van der Waals surface area contributed by atoms with E-state index in [9.17, 15) is 5.11 Å². The lowest BCUT2D eigenvalue weighted by Gasteiger charge is -2.43. The smallest absolute Gasteiger partial charge is 0.135 e. The van der Waals surface area contributed by atoms with E-state index in [1.807, 2.05) is 0 Å². The number of hydrogen-bond donors (Lipinski definition) is 1. The van der Waals surface area contributed by atoms with Gasteiger partial charge in [-0.1, -0.05) is 43.3 Å². The molecule has 1 saturated carbocycles. The van der Waals surface area contributed by atoms with Gasteiger partial charge in [0.05, 0.1) is 6.10 Å². The van der Waals surface area contributed by atoms with Crippen molar-refractivity contribution in [1.29, 1.82) is 0 Å². The van der Waals surface area contributed by atoms with Crippen molar-refractivity contribution < 1.29 is 9.84 Å². The third-order valence-corrected chi connectivity index (χ3v) is 6.58. The first kappa shape index (κ1) is 13.6. The van der Waals surface area contributed by atoms with Crippen molar-refractivity contribution in [3.05, 3.63) is 47.5 Å². The molecule has 0 spiro atoms. The van der Waals surface area contributed by atoms with Crippen LogP contribution in [-0.2, 0) is 0 Å². The summed E-state index contributed by atoms with van der Waals surface area (Å²) in [6.07, 6.45) is 4.03. The van der Waals surface area contributed by atoms with E-state index >= 15 is 0 Å². The van der Waals surface area contributed by atoms with Crippen LogP contribution in [-0.4, -0.2) is 17.8 Å². The van der Waals surface area contributed by atoms with E-state index in [0.717, 1.165) is 31.4 Å². The molecular formula is C21H22O2. The molecule has 2 aromatic rings. The molecule has 0 amide bonds. The molecule has 0 saturated heterocycles. The van der Waals surface area contributed by atoms with Crippen molar-refractivity contribution in [3.63, 3.8) is 0 Å². The highest BCUT2D eigenvalue weighted by Crippen LogP contribution is 2.57. The highest BCUT2D eigenvalue weighted by atomic mass is 16.5. The monoisotopic (exact) mass is 306 g/mol. The fourth-order valence-electron chi connectivity index (χ4n) is 5.18. The molecule has 1 heterocycles. The molecule has 2 heteroatoms. The Morgan fingerprint density at radius 1 is 1.13 bits per heavy atom. The normalized spacial score (nSPS) is 32.3. The van der Waals surface area contributed by atoms with Gasteiger partial charge in [0.2, 0.25) is 0 Å². The van der Waals surface area contributed by atoms with Crippen LogP contribution in [0.4, 0.5) is 0 Å². The molecule has 3 atom stereocenters. The van der Waals surface area contributed by atoms with Crippen LogP contribution in [0.15, 0.2) is 42.0 Å². The molecule has 118 valence electrons. The standard InChI is InChI=1S/C21H22O2/c1-21-11-10-15-16-7-6-13-4-2-3-5-14(13)20(16)23-12-17(15)18(21)8-9-19(21)22/h2-7,18-19,22H,8-12H2,1H3/t18-,19-,21-/m1/s1. The summed E-state index contributed by atoms with van der Waals surface area (Å²) in [5, 5.41) is 12.9. The van der Waals surface area contributed by atoms with Crippen LogP contribution in [0.5, 0.6) is 5.75 Å². The molecule has 1 aliphatic heterocycles. The first-order valence-electron chi connectivity index (χ1n) is 8.73. The molecule has 1 fully saturated rings. The molecule has 2 aromatic carbocycles. The van der Waals surface area contributed by atoms with Gasteiger partial charge in [0, 0.05) is 16.4 Å². The van der Waals surface area contributed by atoms with Crippen LogP contribution in [0.25, 0.3) is 16.3 Å². The van der Waals surface area contributed by atoms with E-state index in [1.165, 1.54) is 27.5 Å².